The van der Waals surface area contributed by atoms with E-state index < -0.39 is 48.3 Å². The molecule has 2 aromatic heterocycles. The molecule has 2 aromatic rings. The number of aliphatic hydroxyl groups is 3. The number of aliphatic carboxylic acids is 1. The van der Waals surface area contributed by atoms with Crippen molar-refractivity contribution in [1.29, 1.82) is 0 Å². The van der Waals surface area contributed by atoms with Crippen molar-refractivity contribution in [1.82, 2.24) is 24.8 Å². The number of carbonyl (C=O) groups is 1. The molecule has 14 heteroatoms. The first-order valence-electron chi connectivity index (χ1n) is 7.74. The first kappa shape index (κ1) is 19.5. The molecule has 1 aliphatic rings. The molecule has 0 amide bonds. The number of rotatable bonds is 6. The van der Waals surface area contributed by atoms with E-state index in [-0.39, 0.29) is 22.9 Å². The summed E-state index contributed by atoms with van der Waals surface area (Å²) in [7, 11) is 0. The zero-order valence-electron chi connectivity index (χ0n) is 13.7. The van der Waals surface area contributed by atoms with Gasteiger partial charge in [0, 0.05) is 5.75 Å². The van der Waals surface area contributed by atoms with Crippen molar-refractivity contribution < 1.29 is 30.0 Å². The number of aromatic amines is 1. The number of aliphatic hydroxyl groups excluding tert-OH is 3. The Balaban J connectivity index is 2.22. The van der Waals surface area contributed by atoms with Crippen molar-refractivity contribution in [3.63, 3.8) is 0 Å². The van der Waals surface area contributed by atoms with Gasteiger partial charge < -0.3 is 30.9 Å². The average Bonchev–Trinajstić information content (AvgIpc) is 3.14. The lowest BCUT2D eigenvalue weighted by atomic mass is 10.1. The van der Waals surface area contributed by atoms with Gasteiger partial charge in [-0.2, -0.15) is 17.6 Å². The molecule has 1 saturated heterocycles. The molecular weight excluding hydrogens is 384 g/mol. The molecule has 27 heavy (non-hydrogen) atoms. The molecule has 1 fully saturated rings. The van der Waals surface area contributed by atoms with Crippen molar-refractivity contribution in [2.24, 2.45) is 0 Å². The van der Waals surface area contributed by atoms with Crippen LogP contribution in [0.4, 0.5) is 5.95 Å². The van der Waals surface area contributed by atoms with E-state index in [1.165, 1.54) is 0 Å². The molecule has 5 atom stereocenters. The van der Waals surface area contributed by atoms with Crippen molar-refractivity contribution in [2.75, 3.05) is 18.1 Å². The minimum Gasteiger partial charge on any atom is -0.480 e. The average molecular weight is 402 g/mol. The molecule has 148 valence electrons. The standard InChI is InChI=1S/C13H18N6O7S/c14-12-16-9-6(10(23)17-12)15-3-19(9)13(18-4(2-27)11(24)25)8(22)7(21)5(1-20)26-13/h3-5,7-8,18,20-22,27H,1-2H2,(H,24,25)(H3,14,16,17,23)/t4-,5+,7+,8+,13-/m0/s1. The quantitative estimate of drug-likeness (QED) is 0.221. The van der Waals surface area contributed by atoms with E-state index in [0.717, 1.165) is 10.9 Å². The van der Waals surface area contributed by atoms with Crippen LogP contribution in [0.3, 0.4) is 0 Å². The highest BCUT2D eigenvalue weighted by atomic mass is 32.1. The second-order valence-electron chi connectivity index (χ2n) is 5.93. The van der Waals surface area contributed by atoms with E-state index in [9.17, 15) is 30.0 Å². The second-order valence-corrected chi connectivity index (χ2v) is 6.29. The van der Waals surface area contributed by atoms with E-state index in [2.05, 4.69) is 32.9 Å². The number of nitrogen functional groups attached to an aromatic ring is 1. The molecule has 0 bridgehead atoms. The highest BCUT2D eigenvalue weighted by Gasteiger charge is 2.57. The predicted molar refractivity (Wildman–Crippen MR) is 92.9 cm³/mol. The van der Waals surface area contributed by atoms with Crippen LogP contribution in [-0.2, 0) is 15.4 Å². The van der Waals surface area contributed by atoms with Gasteiger partial charge in [0.25, 0.3) is 5.56 Å². The van der Waals surface area contributed by atoms with Gasteiger partial charge in [-0.3, -0.25) is 24.5 Å². The van der Waals surface area contributed by atoms with Gasteiger partial charge in [0.2, 0.25) is 11.8 Å². The Hall–Kier alpha value is -2.23. The Bertz CT molecular complexity index is 918. The molecule has 13 nitrogen and oxygen atoms in total. The van der Waals surface area contributed by atoms with E-state index in [1.807, 2.05) is 0 Å². The molecule has 0 radical (unpaired) electrons. The van der Waals surface area contributed by atoms with Crippen molar-refractivity contribution >= 4 is 35.7 Å². The van der Waals surface area contributed by atoms with Gasteiger partial charge in [-0.05, 0) is 0 Å². The van der Waals surface area contributed by atoms with Gasteiger partial charge >= 0.3 is 5.97 Å². The summed E-state index contributed by atoms with van der Waals surface area (Å²) >= 11 is 3.96. The van der Waals surface area contributed by atoms with Crippen LogP contribution in [0.1, 0.15) is 0 Å². The van der Waals surface area contributed by atoms with Crippen molar-refractivity contribution in [3.05, 3.63) is 16.7 Å². The number of anilines is 1. The van der Waals surface area contributed by atoms with Gasteiger partial charge in [0.15, 0.2) is 11.2 Å². The number of thiol groups is 1. The monoisotopic (exact) mass is 402 g/mol. The van der Waals surface area contributed by atoms with Crippen LogP contribution in [0.2, 0.25) is 0 Å². The van der Waals surface area contributed by atoms with E-state index in [4.69, 9.17) is 10.5 Å². The maximum absolute atomic E-state index is 12.0. The lowest BCUT2D eigenvalue weighted by Gasteiger charge is -2.36. The summed E-state index contributed by atoms with van der Waals surface area (Å²) in [4.78, 5) is 33.6. The maximum Gasteiger partial charge on any atom is 0.321 e. The third-order valence-electron chi connectivity index (χ3n) is 4.26. The highest BCUT2D eigenvalue weighted by molar-refractivity contribution is 7.80. The fourth-order valence-electron chi connectivity index (χ4n) is 2.94. The maximum atomic E-state index is 12.0. The number of aromatic nitrogens is 4. The Morgan fingerprint density at radius 2 is 2.26 bits per heavy atom. The summed E-state index contributed by atoms with van der Waals surface area (Å²) in [5.74, 6) is -3.87. The molecule has 0 saturated carbocycles. The van der Waals surface area contributed by atoms with Crippen molar-refractivity contribution in [3.8, 4) is 0 Å². The molecule has 3 heterocycles. The lowest BCUT2D eigenvalue weighted by molar-refractivity contribution is -0.178. The first-order valence-corrected chi connectivity index (χ1v) is 8.38. The minimum absolute atomic E-state index is 0.128. The lowest BCUT2D eigenvalue weighted by Crippen LogP contribution is -2.61. The predicted octanol–water partition coefficient (Wildman–Crippen LogP) is -3.60. The molecule has 8 N–H and O–H groups in total. The van der Waals surface area contributed by atoms with Crippen LogP contribution in [0.15, 0.2) is 11.1 Å². The number of fused-ring (bicyclic) bond motifs is 1. The molecule has 0 aliphatic carbocycles. The largest absolute Gasteiger partial charge is 0.480 e. The van der Waals surface area contributed by atoms with Crippen LogP contribution < -0.4 is 16.6 Å². The Morgan fingerprint density at radius 3 is 2.81 bits per heavy atom. The Labute approximate surface area is 156 Å². The summed E-state index contributed by atoms with van der Waals surface area (Å²) in [5.41, 5.74) is 4.61. The normalized spacial score (nSPS) is 29.3. The van der Waals surface area contributed by atoms with Gasteiger partial charge in [-0.15, -0.1) is 0 Å². The molecule has 1 aliphatic heterocycles. The van der Waals surface area contributed by atoms with E-state index >= 15 is 0 Å². The number of H-pyrrole nitrogens is 1. The summed E-state index contributed by atoms with van der Waals surface area (Å²) in [5, 5.41) is 42.2. The number of carboxylic acids is 1. The Morgan fingerprint density at radius 1 is 1.56 bits per heavy atom. The fraction of sp³-hybridized carbons (Fsp3) is 0.538. The first-order chi connectivity index (χ1) is 12.7. The summed E-state index contributed by atoms with van der Waals surface area (Å²) in [6.45, 7) is -0.664. The number of hydrogen-bond acceptors (Lipinski definition) is 11. The van der Waals surface area contributed by atoms with Crippen LogP contribution in [-0.4, -0.2) is 82.6 Å². The number of hydrogen-bond donors (Lipinski definition) is 8. The molecule has 3 rings (SSSR count). The summed E-state index contributed by atoms with van der Waals surface area (Å²) in [6.07, 6.45) is -3.50. The molecule has 0 spiro atoms. The number of nitrogens with two attached hydrogens (primary N) is 1. The van der Waals surface area contributed by atoms with Gasteiger partial charge in [-0.1, -0.05) is 0 Å². The van der Waals surface area contributed by atoms with Gasteiger partial charge in [0.05, 0.1) is 6.61 Å². The van der Waals surface area contributed by atoms with E-state index in [0.29, 0.717) is 0 Å². The fourth-order valence-corrected chi connectivity index (χ4v) is 3.19. The van der Waals surface area contributed by atoms with Crippen LogP contribution >= 0.6 is 12.6 Å². The highest BCUT2D eigenvalue weighted by Crippen LogP contribution is 2.35. The zero-order chi connectivity index (χ0) is 19.9. The van der Waals surface area contributed by atoms with Gasteiger partial charge in [-0.25, -0.2) is 4.98 Å². The summed E-state index contributed by atoms with van der Waals surface area (Å²) in [6, 6.07) is -1.33. The van der Waals surface area contributed by atoms with Gasteiger partial charge in [0.1, 0.15) is 30.7 Å². The van der Waals surface area contributed by atoms with Crippen LogP contribution in [0.25, 0.3) is 11.2 Å². The summed E-state index contributed by atoms with van der Waals surface area (Å²) < 4.78 is 6.66. The topological polar surface area (TPSA) is 209 Å². The van der Waals surface area contributed by atoms with E-state index in [1.54, 1.807) is 0 Å². The molecular formula is C13H18N6O7S. The number of nitrogens with one attached hydrogen (secondary N) is 2. The number of nitrogens with zero attached hydrogens (tertiary/aromatic N) is 3. The smallest absolute Gasteiger partial charge is 0.321 e. The molecule has 0 aromatic carbocycles. The van der Waals surface area contributed by atoms with Crippen LogP contribution in [0.5, 0.6) is 0 Å². The Kier molecular flexibility index (Phi) is 5.11. The minimum atomic E-state index is -2.11. The van der Waals surface area contributed by atoms with Crippen LogP contribution in [0, 0.1) is 0 Å². The third kappa shape index (κ3) is 3.05. The number of imidazole rings is 1. The number of ether oxygens (including phenoxy) is 1. The molecule has 0 unspecified atom stereocenters. The second kappa shape index (κ2) is 7.06. The third-order valence-corrected chi connectivity index (χ3v) is 4.63. The SMILES string of the molecule is Nc1nc2c(ncn2[C@]2(N[C@@H](CS)C(=O)O)O[C@H](CO)[C@@H](O)[C@H]2O)c(=O)[nH]1. The zero-order valence-corrected chi connectivity index (χ0v) is 14.6. The number of carboxylic acid groups (broad SMARTS) is 1. The van der Waals surface area contributed by atoms with Crippen molar-refractivity contribution in [2.45, 2.75) is 30.2 Å².